The second kappa shape index (κ2) is 5.86. The maximum atomic E-state index is 11.5. The molecule has 1 aromatic heterocycles. The Morgan fingerprint density at radius 1 is 1.62 bits per heavy atom. The zero-order valence-corrected chi connectivity index (χ0v) is 11.0. The van der Waals surface area contributed by atoms with Gasteiger partial charge in [-0.2, -0.15) is 0 Å². The van der Waals surface area contributed by atoms with Crippen LogP contribution < -0.4 is 16.4 Å². The van der Waals surface area contributed by atoms with Gasteiger partial charge in [0, 0.05) is 6.54 Å². The summed E-state index contributed by atoms with van der Waals surface area (Å²) in [5, 5.41) is 6.94. The van der Waals surface area contributed by atoms with Gasteiger partial charge in [0.2, 0.25) is 5.91 Å². The first-order chi connectivity index (χ1) is 7.49. The zero-order chi connectivity index (χ0) is 12.1. The number of carbonyl (C=O) groups is 2. The molecule has 0 aliphatic rings. The minimum Gasteiger partial charge on any atom is -0.352 e. The van der Waals surface area contributed by atoms with Crippen LogP contribution in [0.4, 0.5) is 4.79 Å². The third-order valence-electron chi connectivity index (χ3n) is 1.84. The predicted molar refractivity (Wildman–Crippen MR) is 66.0 cm³/mol. The first-order valence-corrected chi connectivity index (χ1v) is 6.23. The largest absolute Gasteiger partial charge is 0.352 e. The highest BCUT2D eigenvalue weighted by molar-refractivity contribution is 9.11. The molecule has 0 aliphatic carbocycles. The first kappa shape index (κ1) is 13.0. The Hall–Kier alpha value is -1.08. The van der Waals surface area contributed by atoms with Gasteiger partial charge in [-0.05, 0) is 39.9 Å². The number of rotatable bonds is 4. The van der Waals surface area contributed by atoms with Crippen molar-refractivity contribution in [2.45, 2.75) is 19.5 Å². The van der Waals surface area contributed by atoms with Crippen LogP contribution in [0.5, 0.6) is 0 Å². The van der Waals surface area contributed by atoms with Crippen molar-refractivity contribution in [3.05, 3.63) is 20.8 Å². The molecule has 0 saturated carbocycles. The number of nitrogens with one attached hydrogen (secondary N) is 2. The summed E-state index contributed by atoms with van der Waals surface area (Å²) in [4.78, 5) is 22.0. The number of primary amides is 1. The van der Waals surface area contributed by atoms with E-state index in [2.05, 4.69) is 26.6 Å². The second-order valence-electron chi connectivity index (χ2n) is 3.21. The summed E-state index contributed by atoms with van der Waals surface area (Å²) in [6, 6.07) is 0.595. The van der Waals surface area contributed by atoms with Crippen molar-refractivity contribution in [3.63, 3.8) is 0 Å². The predicted octanol–water partition coefficient (Wildman–Crippen LogP) is 1.18. The van der Waals surface area contributed by atoms with E-state index in [9.17, 15) is 9.59 Å². The fraction of sp³-hybridized carbons (Fsp3) is 0.333. The molecule has 1 atom stereocenters. The highest BCUT2D eigenvalue weighted by Crippen LogP contribution is 2.20. The normalized spacial score (nSPS) is 11.9. The Balaban J connectivity index is 2.37. The van der Waals surface area contributed by atoms with Gasteiger partial charge in [-0.25, -0.2) is 4.79 Å². The van der Waals surface area contributed by atoms with Gasteiger partial charge in [0.1, 0.15) is 6.04 Å². The number of halogens is 1. The van der Waals surface area contributed by atoms with Crippen molar-refractivity contribution >= 4 is 39.2 Å². The molecule has 88 valence electrons. The van der Waals surface area contributed by atoms with Crippen LogP contribution >= 0.6 is 27.3 Å². The van der Waals surface area contributed by atoms with E-state index >= 15 is 0 Å². The molecule has 16 heavy (non-hydrogen) atoms. The molecule has 1 rings (SSSR count). The van der Waals surface area contributed by atoms with Gasteiger partial charge in [0.15, 0.2) is 0 Å². The van der Waals surface area contributed by atoms with E-state index in [1.165, 1.54) is 0 Å². The summed E-state index contributed by atoms with van der Waals surface area (Å²) in [7, 11) is 0. The van der Waals surface area contributed by atoms with Gasteiger partial charge in [0.05, 0.1) is 3.79 Å². The smallest absolute Gasteiger partial charge is 0.312 e. The molecular weight excluding hydrogens is 294 g/mol. The van der Waals surface area contributed by atoms with Crippen LogP contribution in [0.15, 0.2) is 15.2 Å². The standard InChI is InChI=1S/C9H12BrN3O2S/c1-5(13-9(11)15)8(14)12-3-6-2-7(10)16-4-6/h2,4-5H,3H2,1H3,(H,12,14)(H3,11,13,15). The van der Waals surface area contributed by atoms with Crippen LogP contribution in [0, 0.1) is 0 Å². The summed E-state index contributed by atoms with van der Waals surface area (Å²) in [6.45, 7) is 2.01. The minimum atomic E-state index is -0.707. The van der Waals surface area contributed by atoms with E-state index in [1.54, 1.807) is 18.3 Å². The van der Waals surface area contributed by atoms with Crippen LogP contribution in [0.1, 0.15) is 12.5 Å². The quantitative estimate of drug-likeness (QED) is 0.780. The van der Waals surface area contributed by atoms with E-state index in [-0.39, 0.29) is 5.91 Å². The fourth-order valence-electron chi connectivity index (χ4n) is 1.06. The topological polar surface area (TPSA) is 84.2 Å². The number of hydrogen-bond donors (Lipinski definition) is 3. The first-order valence-electron chi connectivity index (χ1n) is 4.55. The van der Waals surface area contributed by atoms with E-state index in [1.807, 2.05) is 11.4 Å². The molecule has 0 fully saturated rings. The third-order valence-corrected chi connectivity index (χ3v) is 3.39. The van der Waals surface area contributed by atoms with Crippen LogP contribution in [-0.4, -0.2) is 18.0 Å². The van der Waals surface area contributed by atoms with Crippen LogP contribution in [0.2, 0.25) is 0 Å². The minimum absolute atomic E-state index is 0.263. The third kappa shape index (κ3) is 4.19. The number of hydrogen-bond acceptors (Lipinski definition) is 3. The zero-order valence-electron chi connectivity index (χ0n) is 8.62. The Labute approximate surface area is 106 Å². The SMILES string of the molecule is CC(NC(N)=O)C(=O)NCc1csc(Br)c1. The molecule has 1 aromatic rings. The lowest BCUT2D eigenvalue weighted by atomic mass is 10.3. The van der Waals surface area contributed by atoms with E-state index in [4.69, 9.17) is 5.73 Å². The van der Waals surface area contributed by atoms with Gasteiger partial charge in [-0.3, -0.25) is 4.79 Å². The van der Waals surface area contributed by atoms with Crippen LogP contribution in [0.3, 0.4) is 0 Å². The Kier molecular flexibility index (Phi) is 4.75. The van der Waals surface area contributed by atoms with E-state index < -0.39 is 12.1 Å². The van der Waals surface area contributed by atoms with E-state index in [0.29, 0.717) is 6.54 Å². The van der Waals surface area contributed by atoms with Crippen LogP contribution in [-0.2, 0) is 11.3 Å². The summed E-state index contributed by atoms with van der Waals surface area (Å²) < 4.78 is 1.01. The summed E-state index contributed by atoms with van der Waals surface area (Å²) >= 11 is 4.88. The lowest BCUT2D eigenvalue weighted by molar-refractivity contribution is -0.122. The maximum Gasteiger partial charge on any atom is 0.312 e. The fourth-order valence-corrected chi connectivity index (χ4v) is 2.27. The highest BCUT2D eigenvalue weighted by atomic mass is 79.9. The second-order valence-corrected chi connectivity index (χ2v) is 5.50. The average Bonchev–Trinajstić information content (AvgIpc) is 2.59. The molecular formula is C9H12BrN3O2S. The number of urea groups is 1. The van der Waals surface area contributed by atoms with Crippen molar-refractivity contribution < 1.29 is 9.59 Å². The van der Waals surface area contributed by atoms with E-state index in [0.717, 1.165) is 9.35 Å². The van der Waals surface area contributed by atoms with Gasteiger partial charge >= 0.3 is 6.03 Å². The number of carbonyl (C=O) groups excluding carboxylic acids is 2. The molecule has 0 radical (unpaired) electrons. The Morgan fingerprint density at radius 3 is 2.81 bits per heavy atom. The lowest BCUT2D eigenvalue weighted by Gasteiger charge is -2.11. The van der Waals surface area contributed by atoms with Gasteiger partial charge in [-0.15, -0.1) is 11.3 Å². The summed E-state index contributed by atoms with van der Waals surface area (Å²) in [5.41, 5.74) is 5.92. The molecule has 0 aromatic carbocycles. The van der Waals surface area contributed by atoms with Crippen molar-refractivity contribution in [1.29, 1.82) is 0 Å². The average molecular weight is 306 g/mol. The molecule has 0 bridgehead atoms. The number of thiophene rings is 1. The monoisotopic (exact) mass is 305 g/mol. The summed E-state index contributed by atoms with van der Waals surface area (Å²) in [5.74, 6) is -0.263. The van der Waals surface area contributed by atoms with Crippen molar-refractivity contribution in [2.75, 3.05) is 0 Å². The molecule has 0 spiro atoms. The molecule has 0 saturated heterocycles. The molecule has 1 heterocycles. The Bertz CT molecular complexity index is 394. The molecule has 3 amide bonds. The molecule has 5 nitrogen and oxygen atoms in total. The maximum absolute atomic E-state index is 11.5. The van der Waals surface area contributed by atoms with Gasteiger partial charge < -0.3 is 16.4 Å². The Morgan fingerprint density at radius 2 is 2.31 bits per heavy atom. The molecule has 4 N–H and O–H groups in total. The van der Waals surface area contributed by atoms with Crippen molar-refractivity contribution in [1.82, 2.24) is 10.6 Å². The van der Waals surface area contributed by atoms with Gasteiger partial charge in [0.25, 0.3) is 0 Å². The van der Waals surface area contributed by atoms with Crippen molar-refractivity contribution in [3.8, 4) is 0 Å². The molecule has 1 unspecified atom stereocenters. The summed E-state index contributed by atoms with van der Waals surface area (Å²) in [6.07, 6.45) is 0. The number of nitrogens with two attached hydrogens (primary N) is 1. The molecule has 0 aliphatic heterocycles. The van der Waals surface area contributed by atoms with Crippen LogP contribution in [0.25, 0.3) is 0 Å². The van der Waals surface area contributed by atoms with Crippen molar-refractivity contribution in [2.24, 2.45) is 5.73 Å². The van der Waals surface area contributed by atoms with Gasteiger partial charge in [-0.1, -0.05) is 0 Å². The number of amides is 3. The molecule has 7 heteroatoms. The lowest BCUT2D eigenvalue weighted by Crippen LogP contribution is -2.46. The highest BCUT2D eigenvalue weighted by Gasteiger charge is 2.13.